The van der Waals surface area contributed by atoms with E-state index in [0.717, 1.165) is 22.5 Å². The van der Waals surface area contributed by atoms with Crippen molar-refractivity contribution in [2.45, 2.75) is 13.5 Å². The lowest BCUT2D eigenvalue weighted by Gasteiger charge is -2.10. The number of carbonyl (C=O) groups excluding carboxylic acids is 1. The van der Waals surface area contributed by atoms with Crippen LogP contribution in [0.15, 0.2) is 79.1 Å². The third kappa shape index (κ3) is 5.29. The maximum absolute atomic E-state index is 12.2. The van der Waals surface area contributed by atoms with E-state index in [1.165, 1.54) is 0 Å². The normalized spacial score (nSPS) is 10.5. The summed E-state index contributed by atoms with van der Waals surface area (Å²) in [4.78, 5) is 19.6. The molecule has 7 heteroatoms. The Morgan fingerprint density at radius 3 is 2.55 bits per heavy atom. The third-order valence-electron chi connectivity index (χ3n) is 4.56. The average molecular weight is 414 g/mol. The number of H-pyrrole nitrogens is 1. The van der Waals surface area contributed by atoms with Crippen LogP contribution in [0.5, 0.6) is 11.5 Å². The Morgan fingerprint density at radius 2 is 1.81 bits per heavy atom. The highest BCUT2D eigenvalue weighted by molar-refractivity contribution is 5.99. The fourth-order valence-electron chi connectivity index (χ4n) is 3.06. The lowest BCUT2D eigenvalue weighted by atomic mass is 10.2. The number of ether oxygens (including phenoxy) is 1. The van der Waals surface area contributed by atoms with Gasteiger partial charge in [0.15, 0.2) is 0 Å². The number of urea groups is 1. The van der Waals surface area contributed by atoms with Crippen molar-refractivity contribution in [2.75, 3.05) is 10.6 Å². The van der Waals surface area contributed by atoms with Crippen LogP contribution in [0.2, 0.25) is 0 Å². The van der Waals surface area contributed by atoms with E-state index >= 15 is 0 Å². The Bertz CT molecular complexity index is 1190. The average Bonchev–Trinajstić information content (AvgIpc) is 3.25. The number of aromatic nitrogens is 2. The molecule has 2 aromatic heterocycles. The Balaban J connectivity index is 1.38. The van der Waals surface area contributed by atoms with E-state index in [1.807, 2.05) is 43.3 Å². The summed E-state index contributed by atoms with van der Waals surface area (Å²) in [5, 5.41) is 14.8. The molecule has 0 aliphatic carbocycles. The van der Waals surface area contributed by atoms with E-state index in [9.17, 15) is 9.90 Å². The number of amides is 2. The van der Waals surface area contributed by atoms with E-state index in [-0.39, 0.29) is 12.6 Å². The zero-order valence-corrected chi connectivity index (χ0v) is 16.9. The van der Waals surface area contributed by atoms with Crippen LogP contribution < -0.4 is 15.4 Å². The van der Waals surface area contributed by atoms with Gasteiger partial charge in [-0.05, 0) is 66.6 Å². The van der Waals surface area contributed by atoms with Crippen molar-refractivity contribution in [1.29, 1.82) is 0 Å². The van der Waals surface area contributed by atoms with Gasteiger partial charge in [-0.2, -0.15) is 0 Å². The van der Waals surface area contributed by atoms with Gasteiger partial charge in [-0.25, -0.2) is 4.79 Å². The summed E-state index contributed by atoms with van der Waals surface area (Å²) in [6, 6.07) is 19.8. The minimum Gasteiger partial charge on any atom is -0.457 e. The number of pyridine rings is 1. The Hall–Kier alpha value is -4.10. The van der Waals surface area contributed by atoms with Gasteiger partial charge in [0.1, 0.15) is 11.5 Å². The highest BCUT2D eigenvalue weighted by atomic mass is 16.5. The lowest BCUT2D eigenvalue weighted by Crippen LogP contribution is -2.19. The summed E-state index contributed by atoms with van der Waals surface area (Å²) in [5.41, 5.74) is 4.76. The van der Waals surface area contributed by atoms with Crippen LogP contribution in [0.25, 0.3) is 11.4 Å². The predicted octanol–water partition coefficient (Wildman–Crippen LogP) is 5.31. The van der Waals surface area contributed by atoms with Crippen LogP contribution in [0.4, 0.5) is 16.2 Å². The molecular formula is C24H22N4O3. The monoisotopic (exact) mass is 414 g/mol. The minimum atomic E-state index is -0.314. The standard InChI is InChI=1S/C24H22N4O3/c1-16-3-2-4-19(11-16)28-24(30)27-18-5-7-20(8-6-18)31-21-9-10-25-23(13-21)22-12-17(15-29)14-26-22/h2-14,26,29H,15H2,1H3,(H2,27,28,30). The maximum atomic E-state index is 12.2. The second kappa shape index (κ2) is 9.15. The van der Waals surface area contributed by atoms with E-state index < -0.39 is 0 Å². The van der Waals surface area contributed by atoms with Gasteiger partial charge in [-0.1, -0.05) is 12.1 Å². The van der Waals surface area contributed by atoms with Crippen LogP contribution >= 0.6 is 0 Å². The van der Waals surface area contributed by atoms with Crippen molar-refractivity contribution < 1.29 is 14.6 Å². The van der Waals surface area contributed by atoms with Crippen molar-refractivity contribution in [3.63, 3.8) is 0 Å². The van der Waals surface area contributed by atoms with Gasteiger partial charge in [-0.3, -0.25) is 4.98 Å². The zero-order valence-electron chi connectivity index (χ0n) is 16.9. The Labute approximate surface area is 179 Å². The number of hydrogen-bond acceptors (Lipinski definition) is 4. The molecular weight excluding hydrogens is 392 g/mol. The molecule has 0 radical (unpaired) electrons. The number of aryl methyl sites for hydroxylation is 1. The molecule has 4 aromatic rings. The molecule has 4 N–H and O–H groups in total. The van der Waals surface area contributed by atoms with Crippen LogP contribution in [0.1, 0.15) is 11.1 Å². The molecule has 0 fully saturated rings. The second-order valence-electron chi connectivity index (χ2n) is 7.03. The quantitative estimate of drug-likeness (QED) is 0.343. The van der Waals surface area contributed by atoms with Crippen LogP contribution in [0.3, 0.4) is 0 Å². The Morgan fingerprint density at radius 1 is 1.00 bits per heavy atom. The number of aliphatic hydroxyl groups excluding tert-OH is 1. The van der Waals surface area contributed by atoms with Crippen molar-refractivity contribution >= 4 is 17.4 Å². The summed E-state index contributed by atoms with van der Waals surface area (Å²) in [5.74, 6) is 1.26. The minimum absolute atomic E-state index is 0.0317. The number of nitrogens with one attached hydrogen (secondary N) is 3. The molecule has 2 amide bonds. The number of benzene rings is 2. The largest absolute Gasteiger partial charge is 0.457 e. The van der Waals surface area contributed by atoms with Crippen LogP contribution in [-0.2, 0) is 6.61 Å². The molecule has 4 rings (SSSR count). The van der Waals surface area contributed by atoms with Crippen LogP contribution in [0, 0.1) is 6.92 Å². The van der Waals surface area contributed by atoms with Gasteiger partial charge in [0.05, 0.1) is 18.0 Å². The van der Waals surface area contributed by atoms with E-state index in [2.05, 4.69) is 20.6 Å². The van der Waals surface area contributed by atoms with Crippen molar-refractivity contribution in [3.8, 4) is 22.9 Å². The fourth-order valence-corrected chi connectivity index (χ4v) is 3.06. The molecule has 0 unspecified atom stereocenters. The maximum Gasteiger partial charge on any atom is 0.323 e. The highest BCUT2D eigenvalue weighted by Gasteiger charge is 2.07. The molecule has 0 aliphatic rings. The zero-order chi connectivity index (χ0) is 21.6. The van der Waals surface area contributed by atoms with Gasteiger partial charge in [0, 0.05) is 29.8 Å². The van der Waals surface area contributed by atoms with E-state index in [1.54, 1.807) is 42.7 Å². The van der Waals surface area contributed by atoms with Crippen molar-refractivity contribution in [1.82, 2.24) is 9.97 Å². The van der Waals surface area contributed by atoms with Gasteiger partial charge < -0.3 is 25.5 Å². The number of hydrogen-bond donors (Lipinski definition) is 4. The van der Waals surface area contributed by atoms with Gasteiger partial charge in [0.25, 0.3) is 0 Å². The summed E-state index contributed by atoms with van der Waals surface area (Å²) >= 11 is 0. The fraction of sp³-hybridized carbons (Fsp3) is 0.0833. The first kappa shape index (κ1) is 20.2. The number of aliphatic hydroxyl groups is 1. The number of nitrogens with zero attached hydrogens (tertiary/aromatic N) is 1. The topological polar surface area (TPSA) is 99.3 Å². The third-order valence-corrected chi connectivity index (χ3v) is 4.56. The SMILES string of the molecule is Cc1cccc(NC(=O)Nc2ccc(Oc3ccnc(-c4cc(CO)c[nH]4)c3)cc2)c1. The number of rotatable bonds is 6. The van der Waals surface area contributed by atoms with Crippen LogP contribution in [-0.4, -0.2) is 21.1 Å². The summed E-state index contributed by atoms with van der Waals surface area (Å²) in [6.45, 7) is 1.94. The predicted molar refractivity (Wildman–Crippen MR) is 120 cm³/mol. The first-order chi connectivity index (χ1) is 15.1. The molecule has 7 nitrogen and oxygen atoms in total. The van der Waals surface area contributed by atoms with Gasteiger partial charge in [0.2, 0.25) is 0 Å². The first-order valence-corrected chi connectivity index (χ1v) is 9.76. The van der Waals surface area contributed by atoms with Gasteiger partial charge in [-0.15, -0.1) is 0 Å². The smallest absolute Gasteiger partial charge is 0.323 e. The second-order valence-corrected chi connectivity index (χ2v) is 7.03. The van der Waals surface area contributed by atoms with Crippen molar-refractivity contribution in [3.05, 3.63) is 90.3 Å². The molecule has 2 heterocycles. The van der Waals surface area contributed by atoms with E-state index in [0.29, 0.717) is 22.9 Å². The number of carbonyl (C=O) groups is 1. The summed E-state index contributed by atoms with van der Waals surface area (Å²) in [7, 11) is 0. The molecule has 0 bridgehead atoms. The molecule has 0 aliphatic heterocycles. The molecule has 0 saturated carbocycles. The van der Waals surface area contributed by atoms with Gasteiger partial charge >= 0.3 is 6.03 Å². The molecule has 0 saturated heterocycles. The van der Waals surface area contributed by atoms with E-state index in [4.69, 9.17) is 4.74 Å². The summed E-state index contributed by atoms with van der Waals surface area (Å²) < 4.78 is 5.91. The number of anilines is 2. The lowest BCUT2D eigenvalue weighted by molar-refractivity contribution is 0.262. The highest BCUT2D eigenvalue weighted by Crippen LogP contribution is 2.26. The molecule has 2 aromatic carbocycles. The molecule has 31 heavy (non-hydrogen) atoms. The first-order valence-electron chi connectivity index (χ1n) is 9.76. The van der Waals surface area contributed by atoms with Crippen molar-refractivity contribution in [2.24, 2.45) is 0 Å². The molecule has 0 atom stereocenters. The Kier molecular flexibility index (Phi) is 5.96. The molecule has 0 spiro atoms. The molecule has 156 valence electrons. The summed E-state index contributed by atoms with van der Waals surface area (Å²) in [6.07, 6.45) is 3.40. The number of aromatic amines is 1.